The Bertz CT molecular complexity index is 1300. The quantitative estimate of drug-likeness (QED) is 0.465. The van der Waals surface area contributed by atoms with E-state index in [4.69, 9.17) is 0 Å². The number of nitrogens with zero attached hydrogens (tertiary/aromatic N) is 6. The zero-order valence-electron chi connectivity index (χ0n) is 14.9. The molecular formula is C18H10N6O6. The number of carbonyl (C=O) groups is 6. The molecule has 0 fully saturated rings. The van der Waals surface area contributed by atoms with E-state index in [2.05, 4.69) is 15.3 Å². The minimum Gasteiger partial charge on any atom is -0.301 e. The van der Waals surface area contributed by atoms with Gasteiger partial charge >= 0.3 is 0 Å². The molecule has 0 radical (unpaired) electrons. The van der Waals surface area contributed by atoms with E-state index in [1.54, 1.807) is 0 Å². The molecule has 12 nitrogen and oxygen atoms in total. The lowest BCUT2D eigenvalue weighted by molar-refractivity contribution is -0.148. The van der Waals surface area contributed by atoms with Gasteiger partial charge < -0.3 is 4.79 Å². The summed E-state index contributed by atoms with van der Waals surface area (Å²) >= 11 is 0. The number of hydrogen-bond donors (Lipinski definition) is 0. The molecule has 30 heavy (non-hydrogen) atoms. The monoisotopic (exact) mass is 406 g/mol. The van der Waals surface area contributed by atoms with Gasteiger partial charge in [0, 0.05) is 32.3 Å². The Kier molecular flexibility index (Phi) is 4.43. The molecule has 1 aromatic heterocycles. The van der Waals surface area contributed by atoms with Crippen LogP contribution in [0.15, 0.2) is 17.5 Å². The van der Waals surface area contributed by atoms with E-state index < -0.39 is 6.04 Å². The van der Waals surface area contributed by atoms with Crippen LogP contribution in [0.25, 0.3) is 22.2 Å². The number of aldehydes is 3. The van der Waals surface area contributed by atoms with E-state index in [1.807, 2.05) is 0 Å². The van der Waals surface area contributed by atoms with Crippen molar-refractivity contribution in [1.29, 1.82) is 0 Å². The average Bonchev–Trinajstić information content (AvgIpc) is 2.80. The summed E-state index contributed by atoms with van der Waals surface area (Å²) in [6.45, 7) is 0. The Morgan fingerprint density at radius 3 is 2.07 bits per heavy atom. The van der Waals surface area contributed by atoms with Gasteiger partial charge in [-0.2, -0.15) is 20.3 Å². The molecule has 2 aromatic rings. The zero-order valence-corrected chi connectivity index (χ0v) is 14.9. The summed E-state index contributed by atoms with van der Waals surface area (Å²) in [6.07, 6.45) is 5.76. The molecule has 12 heteroatoms. The topological polar surface area (TPSA) is 150 Å². The van der Waals surface area contributed by atoms with Crippen LogP contribution in [-0.4, -0.2) is 69.5 Å². The maximum absolute atomic E-state index is 12.0. The summed E-state index contributed by atoms with van der Waals surface area (Å²) in [5.74, 6) is 0. The lowest BCUT2D eigenvalue weighted by atomic mass is 9.90. The predicted octanol–water partition coefficient (Wildman–Crippen LogP) is -2.86. The Hall–Kier alpha value is -4.61. The third-order valence-corrected chi connectivity index (χ3v) is 4.91. The van der Waals surface area contributed by atoms with Crippen molar-refractivity contribution in [2.24, 2.45) is 5.10 Å². The molecule has 1 aromatic carbocycles. The lowest BCUT2D eigenvalue weighted by Gasteiger charge is -2.37. The van der Waals surface area contributed by atoms with Crippen LogP contribution < -0.4 is 10.4 Å². The van der Waals surface area contributed by atoms with Crippen LogP contribution in [0.5, 0.6) is 0 Å². The minimum atomic E-state index is -1.32. The van der Waals surface area contributed by atoms with Crippen molar-refractivity contribution in [2.75, 3.05) is 0 Å². The van der Waals surface area contributed by atoms with Crippen molar-refractivity contribution in [3.05, 3.63) is 34.0 Å². The van der Waals surface area contributed by atoms with E-state index in [-0.39, 0.29) is 40.2 Å². The fourth-order valence-electron chi connectivity index (χ4n) is 3.73. The number of rotatable bonds is 6. The summed E-state index contributed by atoms with van der Waals surface area (Å²) in [4.78, 5) is 70.7. The number of fused-ring (bicyclic) bond motifs is 6. The zero-order chi connectivity index (χ0) is 21.4. The molecule has 3 amide bonds. The largest absolute Gasteiger partial charge is 0.301 e. The van der Waals surface area contributed by atoms with E-state index in [1.165, 1.54) is 18.6 Å². The van der Waals surface area contributed by atoms with Crippen molar-refractivity contribution < 1.29 is 28.8 Å². The summed E-state index contributed by atoms with van der Waals surface area (Å²) in [6, 6.07) is -1.32. The molecule has 148 valence electrons. The van der Waals surface area contributed by atoms with Gasteiger partial charge in [0.2, 0.25) is 19.2 Å². The second-order valence-electron chi connectivity index (χ2n) is 6.11. The van der Waals surface area contributed by atoms with Gasteiger partial charge in [0.15, 0.2) is 12.6 Å². The number of hydrazone groups is 1. The normalized spacial score (nSPS) is 17.3. The first-order valence-corrected chi connectivity index (χ1v) is 8.33. The van der Waals surface area contributed by atoms with Gasteiger partial charge in [-0.1, -0.05) is 0 Å². The van der Waals surface area contributed by atoms with Gasteiger partial charge in [-0.25, -0.2) is 10.0 Å². The van der Waals surface area contributed by atoms with Gasteiger partial charge in [-0.15, -0.1) is 0 Å². The third kappa shape index (κ3) is 2.30. The fraction of sp³-hybridized carbons (Fsp3) is 0.0556. The van der Waals surface area contributed by atoms with Crippen LogP contribution in [0.2, 0.25) is 0 Å². The molecule has 1 unspecified atom stereocenters. The van der Waals surface area contributed by atoms with E-state index >= 15 is 0 Å². The van der Waals surface area contributed by atoms with Crippen LogP contribution in [0, 0.1) is 0 Å². The smallest absolute Gasteiger partial charge is 0.234 e. The van der Waals surface area contributed by atoms with Crippen LogP contribution in [0.3, 0.4) is 0 Å². The van der Waals surface area contributed by atoms with Gasteiger partial charge in [0.1, 0.15) is 23.7 Å². The van der Waals surface area contributed by atoms with E-state index in [0.29, 0.717) is 46.6 Å². The predicted molar refractivity (Wildman–Crippen MR) is 97.8 cm³/mol. The highest BCUT2D eigenvalue weighted by molar-refractivity contribution is 6.12. The van der Waals surface area contributed by atoms with Crippen LogP contribution >= 0.6 is 0 Å². The molecule has 2 aliphatic rings. The highest BCUT2D eigenvalue weighted by Gasteiger charge is 2.36. The van der Waals surface area contributed by atoms with Crippen molar-refractivity contribution in [3.63, 3.8) is 0 Å². The number of amides is 3. The molecule has 4 rings (SSSR count). The van der Waals surface area contributed by atoms with Gasteiger partial charge in [0.25, 0.3) is 0 Å². The molecule has 0 saturated heterocycles. The van der Waals surface area contributed by atoms with Crippen molar-refractivity contribution in [3.8, 4) is 0 Å². The molecule has 1 atom stereocenters. The Morgan fingerprint density at radius 1 is 0.800 bits per heavy atom. The van der Waals surface area contributed by atoms with Crippen LogP contribution in [-0.2, 0) is 28.8 Å². The Labute approximate surface area is 166 Å². The van der Waals surface area contributed by atoms with Gasteiger partial charge in [-0.05, 0) is 0 Å². The SMILES string of the molecule is O=CC1=c2c(c3cnncc3c3c2=C(C=O)N(C=O)N(C=O)C3C=O)C=NN1C=O. The van der Waals surface area contributed by atoms with Crippen LogP contribution in [0.4, 0.5) is 0 Å². The standard InChI is InChI=1S/C18H10N6O6/c25-4-13-16-12(3-21-22(13)7-28)10-1-19-20-2-11(10)17-14(5-26)23(8-29)24(9-30)15(6-27)18(16)17/h1-9,14H. The maximum Gasteiger partial charge on any atom is 0.234 e. The van der Waals surface area contributed by atoms with Crippen molar-refractivity contribution in [1.82, 2.24) is 25.2 Å². The molecule has 0 spiro atoms. The lowest BCUT2D eigenvalue weighted by Crippen LogP contribution is -2.55. The molecular weight excluding hydrogens is 396 g/mol. The molecule has 3 heterocycles. The van der Waals surface area contributed by atoms with E-state index in [9.17, 15) is 28.8 Å². The van der Waals surface area contributed by atoms with Crippen LogP contribution in [0.1, 0.15) is 17.2 Å². The molecule has 0 saturated carbocycles. The van der Waals surface area contributed by atoms with E-state index in [0.717, 1.165) is 10.0 Å². The van der Waals surface area contributed by atoms with Gasteiger partial charge in [-0.3, -0.25) is 24.0 Å². The second-order valence-corrected chi connectivity index (χ2v) is 6.11. The summed E-state index contributed by atoms with van der Waals surface area (Å²) in [5, 5.41) is 14.6. The van der Waals surface area contributed by atoms with Gasteiger partial charge in [0.05, 0.1) is 18.6 Å². The number of hydrazine groups is 1. The van der Waals surface area contributed by atoms with Crippen molar-refractivity contribution >= 4 is 66.5 Å². The maximum atomic E-state index is 12.0. The Balaban J connectivity index is 2.44. The third-order valence-electron chi connectivity index (χ3n) is 4.91. The minimum absolute atomic E-state index is 0.0305. The first kappa shape index (κ1) is 18.7. The summed E-state index contributed by atoms with van der Waals surface area (Å²) in [5.41, 5.74) is -0.0396. The molecule has 2 aliphatic heterocycles. The number of aromatic nitrogens is 2. The molecule has 0 N–H and O–H groups in total. The molecule has 0 aliphatic carbocycles. The molecule has 0 bridgehead atoms. The average molecular weight is 406 g/mol. The number of hydrogen-bond acceptors (Lipinski definition) is 9. The second kappa shape index (κ2) is 7.09. The summed E-state index contributed by atoms with van der Waals surface area (Å²) < 4.78 is 0. The Morgan fingerprint density at radius 2 is 1.50 bits per heavy atom. The van der Waals surface area contributed by atoms with Crippen molar-refractivity contribution in [2.45, 2.75) is 6.04 Å². The number of benzene rings is 1. The highest BCUT2D eigenvalue weighted by Crippen LogP contribution is 2.29. The summed E-state index contributed by atoms with van der Waals surface area (Å²) in [7, 11) is 0. The first-order valence-electron chi connectivity index (χ1n) is 8.33. The fourth-order valence-corrected chi connectivity index (χ4v) is 3.73. The highest BCUT2D eigenvalue weighted by atomic mass is 16.2. The first-order chi connectivity index (χ1) is 14.7. The number of carbonyl (C=O) groups excluding carboxylic acids is 6.